The highest BCUT2D eigenvalue weighted by Gasteiger charge is 2.60. The summed E-state index contributed by atoms with van der Waals surface area (Å²) < 4.78 is 73.6. The molecule has 2 nitrogen and oxygen atoms in total. The molecule has 0 saturated carbocycles. The van der Waals surface area contributed by atoms with E-state index in [2.05, 4.69) is 0 Å². The number of ether oxygens (including phenoxy) is 2. The predicted octanol–water partition coefficient (Wildman–Crippen LogP) is 4.14. The number of benzene rings is 1. The third kappa shape index (κ3) is 3.20. The Morgan fingerprint density at radius 2 is 1.55 bits per heavy atom. The average molecular weight is 298 g/mol. The molecule has 0 spiro atoms. The molecule has 1 rings (SSSR count). The van der Waals surface area contributed by atoms with Gasteiger partial charge in [0, 0.05) is 12.7 Å². The standard InChI is InChI=1S/C13H15F5O2/c1-11(20-3,8-12(14,15)13(16,17)18)9-6-4-5-7-10(9)19-2/h4-7H,8H2,1-3H3. The van der Waals surface area contributed by atoms with Crippen LogP contribution >= 0.6 is 0 Å². The molecular weight excluding hydrogens is 283 g/mol. The highest BCUT2D eigenvalue weighted by atomic mass is 19.4. The van der Waals surface area contributed by atoms with Crippen LogP contribution in [0, 0.1) is 0 Å². The molecular formula is C13H15F5O2. The Bertz CT molecular complexity index is 458. The lowest BCUT2D eigenvalue weighted by atomic mass is 9.88. The first kappa shape index (κ1) is 16.7. The molecule has 114 valence electrons. The maximum Gasteiger partial charge on any atom is 0.453 e. The van der Waals surface area contributed by atoms with E-state index in [4.69, 9.17) is 9.47 Å². The molecule has 0 amide bonds. The van der Waals surface area contributed by atoms with E-state index < -0.39 is 24.1 Å². The van der Waals surface area contributed by atoms with Crippen LogP contribution in [0.4, 0.5) is 22.0 Å². The van der Waals surface area contributed by atoms with E-state index in [1.165, 1.54) is 32.2 Å². The molecule has 20 heavy (non-hydrogen) atoms. The van der Waals surface area contributed by atoms with E-state index in [1.807, 2.05) is 0 Å². The summed E-state index contributed by atoms with van der Waals surface area (Å²) in [6.45, 7) is 1.17. The molecule has 0 saturated heterocycles. The van der Waals surface area contributed by atoms with Crippen LogP contribution in [-0.4, -0.2) is 26.3 Å². The van der Waals surface area contributed by atoms with Crippen LogP contribution in [0.1, 0.15) is 18.9 Å². The van der Waals surface area contributed by atoms with Gasteiger partial charge in [-0.25, -0.2) is 0 Å². The molecule has 1 atom stereocenters. The second kappa shape index (κ2) is 5.55. The Morgan fingerprint density at radius 1 is 1.00 bits per heavy atom. The van der Waals surface area contributed by atoms with Crippen LogP contribution in [0.15, 0.2) is 24.3 Å². The van der Waals surface area contributed by atoms with Gasteiger partial charge in [-0.1, -0.05) is 18.2 Å². The number of para-hydroxylation sites is 1. The van der Waals surface area contributed by atoms with E-state index in [-0.39, 0.29) is 11.3 Å². The normalized spacial score (nSPS) is 15.8. The zero-order valence-electron chi connectivity index (χ0n) is 11.2. The van der Waals surface area contributed by atoms with Gasteiger partial charge in [-0.15, -0.1) is 0 Å². The quantitative estimate of drug-likeness (QED) is 0.760. The van der Waals surface area contributed by atoms with Crippen molar-refractivity contribution in [2.24, 2.45) is 0 Å². The fourth-order valence-electron chi connectivity index (χ4n) is 1.88. The third-order valence-electron chi connectivity index (χ3n) is 3.10. The lowest BCUT2D eigenvalue weighted by molar-refractivity contribution is -0.298. The molecule has 0 aliphatic carbocycles. The Morgan fingerprint density at radius 3 is 2.00 bits per heavy atom. The van der Waals surface area contributed by atoms with Crippen LogP contribution in [0.3, 0.4) is 0 Å². The summed E-state index contributed by atoms with van der Waals surface area (Å²) >= 11 is 0. The SMILES string of the molecule is COc1ccccc1C(C)(CC(F)(F)C(F)(F)F)OC. The van der Waals surface area contributed by atoms with Crippen molar-refractivity contribution in [3.05, 3.63) is 29.8 Å². The van der Waals surface area contributed by atoms with Crippen molar-refractivity contribution >= 4 is 0 Å². The highest BCUT2D eigenvalue weighted by molar-refractivity contribution is 5.38. The summed E-state index contributed by atoms with van der Waals surface area (Å²) in [7, 11) is 2.38. The monoisotopic (exact) mass is 298 g/mol. The van der Waals surface area contributed by atoms with Crippen LogP contribution in [0.25, 0.3) is 0 Å². The lowest BCUT2D eigenvalue weighted by Crippen LogP contribution is -2.43. The van der Waals surface area contributed by atoms with Crippen LogP contribution in [-0.2, 0) is 10.3 Å². The molecule has 0 N–H and O–H groups in total. The number of rotatable bonds is 5. The number of methoxy groups -OCH3 is 2. The summed E-state index contributed by atoms with van der Waals surface area (Å²) in [6, 6.07) is 5.97. The van der Waals surface area contributed by atoms with E-state index in [0.29, 0.717) is 0 Å². The Hall–Kier alpha value is -1.37. The minimum Gasteiger partial charge on any atom is -0.496 e. The molecule has 0 aromatic heterocycles. The van der Waals surface area contributed by atoms with Gasteiger partial charge >= 0.3 is 12.1 Å². The van der Waals surface area contributed by atoms with Crippen molar-refractivity contribution < 1.29 is 31.4 Å². The first-order valence-electron chi connectivity index (χ1n) is 5.70. The number of alkyl halides is 5. The van der Waals surface area contributed by atoms with Crippen LogP contribution in [0.5, 0.6) is 5.75 Å². The molecule has 0 aliphatic rings. The number of hydrogen-bond acceptors (Lipinski definition) is 2. The average Bonchev–Trinajstić information content (AvgIpc) is 2.36. The molecule has 0 radical (unpaired) electrons. The molecule has 7 heteroatoms. The van der Waals surface area contributed by atoms with Crippen molar-refractivity contribution in [3.63, 3.8) is 0 Å². The first-order chi connectivity index (χ1) is 9.07. The molecule has 0 fully saturated rings. The van der Waals surface area contributed by atoms with E-state index in [0.717, 1.165) is 7.11 Å². The molecule has 1 unspecified atom stereocenters. The maximum atomic E-state index is 13.3. The van der Waals surface area contributed by atoms with Crippen LogP contribution < -0.4 is 4.74 Å². The van der Waals surface area contributed by atoms with Gasteiger partial charge in [0.2, 0.25) is 0 Å². The largest absolute Gasteiger partial charge is 0.496 e. The van der Waals surface area contributed by atoms with E-state index in [9.17, 15) is 22.0 Å². The highest BCUT2D eigenvalue weighted by Crippen LogP contribution is 2.46. The van der Waals surface area contributed by atoms with Gasteiger partial charge in [-0.2, -0.15) is 22.0 Å². The summed E-state index contributed by atoms with van der Waals surface area (Å²) in [5, 5.41) is 0. The Kier molecular flexibility index (Phi) is 4.63. The van der Waals surface area contributed by atoms with Gasteiger partial charge in [0.15, 0.2) is 0 Å². The smallest absolute Gasteiger partial charge is 0.453 e. The predicted molar refractivity (Wildman–Crippen MR) is 63.0 cm³/mol. The molecule has 1 aromatic carbocycles. The van der Waals surface area contributed by atoms with Crippen LogP contribution in [0.2, 0.25) is 0 Å². The van der Waals surface area contributed by atoms with Gasteiger partial charge < -0.3 is 9.47 Å². The molecule has 0 heterocycles. The maximum absolute atomic E-state index is 13.3. The summed E-state index contributed by atoms with van der Waals surface area (Å²) in [6.07, 6.45) is -7.16. The van der Waals surface area contributed by atoms with E-state index >= 15 is 0 Å². The number of halogens is 5. The van der Waals surface area contributed by atoms with Gasteiger partial charge in [0.25, 0.3) is 0 Å². The zero-order chi connectivity index (χ0) is 15.6. The van der Waals surface area contributed by atoms with Gasteiger partial charge in [-0.05, 0) is 13.0 Å². The van der Waals surface area contributed by atoms with Gasteiger partial charge in [-0.3, -0.25) is 0 Å². The Labute approximate surface area is 113 Å². The fourth-order valence-corrected chi connectivity index (χ4v) is 1.88. The lowest BCUT2D eigenvalue weighted by Gasteiger charge is -2.34. The topological polar surface area (TPSA) is 18.5 Å². The van der Waals surface area contributed by atoms with Crippen molar-refractivity contribution in [3.8, 4) is 5.75 Å². The summed E-state index contributed by atoms with van der Waals surface area (Å²) in [5.41, 5.74) is -1.69. The van der Waals surface area contributed by atoms with Gasteiger partial charge in [0.1, 0.15) is 5.75 Å². The van der Waals surface area contributed by atoms with Gasteiger partial charge in [0.05, 0.1) is 19.1 Å². The molecule has 1 aromatic rings. The summed E-state index contributed by atoms with van der Waals surface area (Å²) in [4.78, 5) is 0. The van der Waals surface area contributed by atoms with Crippen molar-refractivity contribution in [2.75, 3.05) is 14.2 Å². The second-order valence-corrected chi connectivity index (χ2v) is 4.51. The fraction of sp³-hybridized carbons (Fsp3) is 0.538. The number of hydrogen-bond donors (Lipinski definition) is 0. The molecule has 0 aliphatic heterocycles. The van der Waals surface area contributed by atoms with Crippen molar-refractivity contribution in [2.45, 2.75) is 31.0 Å². The van der Waals surface area contributed by atoms with E-state index in [1.54, 1.807) is 6.07 Å². The summed E-state index contributed by atoms with van der Waals surface area (Å²) in [5.74, 6) is -4.67. The minimum absolute atomic E-state index is 0.133. The second-order valence-electron chi connectivity index (χ2n) is 4.51. The van der Waals surface area contributed by atoms with Crippen molar-refractivity contribution in [1.29, 1.82) is 0 Å². The van der Waals surface area contributed by atoms with Crippen molar-refractivity contribution in [1.82, 2.24) is 0 Å². The molecule has 0 bridgehead atoms. The first-order valence-corrected chi connectivity index (χ1v) is 5.70. The Balaban J connectivity index is 3.22. The minimum atomic E-state index is -5.63. The third-order valence-corrected chi connectivity index (χ3v) is 3.10. The zero-order valence-corrected chi connectivity index (χ0v) is 11.2.